The minimum Gasteiger partial charge on any atom is -0.349 e. The molecule has 0 unspecified atom stereocenters. The number of nitrogens with zero attached hydrogens (tertiary/aromatic N) is 4. The number of aryl methyl sites for hydroxylation is 1. The van der Waals surface area contributed by atoms with Crippen molar-refractivity contribution in [3.8, 4) is 11.3 Å². The first-order valence-electron chi connectivity index (χ1n) is 12.2. The monoisotopic (exact) mass is 433 g/mol. The summed E-state index contributed by atoms with van der Waals surface area (Å²) in [6.07, 6.45) is 9.31. The number of carbonyl (C=O) groups is 1. The van der Waals surface area contributed by atoms with Crippen LogP contribution in [0.1, 0.15) is 80.0 Å². The van der Waals surface area contributed by atoms with Gasteiger partial charge < -0.3 is 9.84 Å². The van der Waals surface area contributed by atoms with E-state index in [-0.39, 0.29) is 11.9 Å². The number of hydrogen-bond donors (Lipinski definition) is 1. The Hall–Kier alpha value is -2.70. The normalized spacial score (nSPS) is 25.5. The Morgan fingerprint density at radius 2 is 2.12 bits per heavy atom. The van der Waals surface area contributed by atoms with E-state index in [1.54, 1.807) is 0 Å². The summed E-state index contributed by atoms with van der Waals surface area (Å²) >= 11 is 0. The fourth-order valence-corrected chi connectivity index (χ4v) is 6.22. The minimum atomic E-state index is -0.0421. The molecule has 2 bridgehead atoms. The van der Waals surface area contributed by atoms with Gasteiger partial charge in [0.1, 0.15) is 5.69 Å². The van der Waals surface area contributed by atoms with Crippen LogP contribution < -0.4 is 5.32 Å². The van der Waals surface area contributed by atoms with E-state index in [2.05, 4.69) is 29.4 Å². The van der Waals surface area contributed by atoms with Crippen LogP contribution in [0.25, 0.3) is 22.4 Å². The van der Waals surface area contributed by atoms with E-state index >= 15 is 0 Å². The Labute approximate surface area is 187 Å². The van der Waals surface area contributed by atoms with Crippen molar-refractivity contribution in [2.45, 2.75) is 77.8 Å². The first kappa shape index (κ1) is 19.9. The number of nitrogens with one attached hydrogen (secondary N) is 1. The molecule has 32 heavy (non-hydrogen) atoms. The number of amides is 1. The fourth-order valence-electron chi connectivity index (χ4n) is 6.22. The molecule has 7 heteroatoms. The van der Waals surface area contributed by atoms with Gasteiger partial charge in [-0.05, 0) is 76.7 Å². The van der Waals surface area contributed by atoms with Crippen molar-refractivity contribution in [1.82, 2.24) is 25.2 Å². The molecule has 1 amide bonds. The van der Waals surface area contributed by atoms with E-state index in [9.17, 15) is 4.79 Å². The third kappa shape index (κ3) is 3.16. The van der Waals surface area contributed by atoms with Crippen LogP contribution in [0.2, 0.25) is 0 Å². The van der Waals surface area contributed by atoms with Crippen LogP contribution in [0, 0.1) is 24.7 Å². The van der Waals surface area contributed by atoms with Crippen molar-refractivity contribution in [3.05, 3.63) is 29.2 Å². The molecule has 3 aromatic rings. The van der Waals surface area contributed by atoms with Crippen molar-refractivity contribution < 1.29 is 9.32 Å². The molecule has 4 atom stereocenters. The average molecular weight is 434 g/mol. The Bertz CT molecular complexity index is 1190. The van der Waals surface area contributed by atoms with E-state index < -0.39 is 0 Å². The molecule has 0 saturated heterocycles. The molecule has 3 aromatic heterocycles. The zero-order valence-electron chi connectivity index (χ0n) is 19.1. The second-order valence-corrected chi connectivity index (χ2v) is 10.1. The van der Waals surface area contributed by atoms with Crippen LogP contribution in [-0.4, -0.2) is 31.9 Å². The molecule has 168 valence electrons. The summed E-state index contributed by atoms with van der Waals surface area (Å²) in [7, 11) is 0. The van der Waals surface area contributed by atoms with E-state index in [4.69, 9.17) is 9.51 Å². The first-order chi connectivity index (χ1) is 15.5. The van der Waals surface area contributed by atoms with Crippen molar-refractivity contribution in [2.75, 3.05) is 0 Å². The maximum atomic E-state index is 13.6. The van der Waals surface area contributed by atoms with Crippen LogP contribution in [0.4, 0.5) is 0 Å². The van der Waals surface area contributed by atoms with Gasteiger partial charge in [0.15, 0.2) is 0 Å². The van der Waals surface area contributed by atoms with Gasteiger partial charge in [-0.3, -0.25) is 9.48 Å². The van der Waals surface area contributed by atoms with Gasteiger partial charge in [0.2, 0.25) is 0 Å². The quantitative estimate of drug-likeness (QED) is 0.601. The predicted molar refractivity (Wildman–Crippen MR) is 121 cm³/mol. The minimum absolute atomic E-state index is 0.0421. The molecule has 0 aliphatic heterocycles. The highest BCUT2D eigenvalue weighted by Gasteiger charge is 2.42. The van der Waals surface area contributed by atoms with Gasteiger partial charge in [0, 0.05) is 35.5 Å². The summed E-state index contributed by atoms with van der Waals surface area (Å²) in [5, 5.41) is 12.9. The zero-order chi connectivity index (χ0) is 22.0. The van der Waals surface area contributed by atoms with Gasteiger partial charge >= 0.3 is 0 Å². The van der Waals surface area contributed by atoms with Crippen LogP contribution in [-0.2, 0) is 6.54 Å². The van der Waals surface area contributed by atoms with E-state index in [0.29, 0.717) is 34.2 Å². The smallest absolute Gasteiger partial charge is 0.259 e. The van der Waals surface area contributed by atoms with Gasteiger partial charge in [0.05, 0.1) is 17.1 Å². The summed E-state index contributed by atoms with van der Waals surface area (Å²) < 4.78 is 7.61. The van der Waals surface area contributed by atoms with Gasteiger partial charge in [-0.25, -0.2) is 4.98 Å². The fraction of sp³-hybridized carbons (Fsp3) is 0.600. The Morgan fingerprint density at radius 1 is 1.28 bits per heavy atom. The lowest BCUT2D eigenvalue weighted by Crippen LogP contribution is -2.40. The van der Waals surface area contributed by atoms with E-state index in [1.165, 1.54) is 25.7 Å². The maximum Gasteiger partial charge on any atom is 0.259 e. The number of fused-ring (bicyclic) bond motifs is 3. The molecule has 3 heterocycles. The number of pyridine rings is 1. The summed E-state index contributed by atoms with van der Waals surface area (Å²) in [5.41, 5.74) is 4.58. The molecule has 7 nitrogen and oxygen atoms in total. The number of aromatic nitrogens is 4. The van der Waals surface area contributed by atoms with Crippen molar-refractivity contribution in [1.29, 1.82) is 0 Å². The number of hydrogen-bond acceptors (Lipinski definition) is 5. The van der Waals surface area contributed by atoms with Crippen molar-refractivity contribution in [3.63, 3.8) is 0 Å². The summed E-state index contributed by atoms with van der Waals surface area (Å²) in [6, 6.07) is 2.14. The highest BCUT2D eigenvalue weighted by atomic mass is 16.5. The van der Waals surface area contributed by atoms with Crippen LogP contribution in [0.5, 0.6) is 0 Å². The summed E-state index contributed by atoms with van der Waals surface area (Å²) in [5.74, 6) is 2.60. The molecule has 0 spiro atoms. The molecular formula is C25H31N5O2. The van der Waals surface area contributed by atoms with Crippen LogP contribution in [0.15, 0.2) is 16.8 Å². The molecule has 3 aliphatic carbocycles. The maximum absolute atomic E-state index is 13.6. The lowest BCUT2D eigenvalue weighted by Gasteiger charge is -2.28. The molecule has 3 fully saturated rings. The van der Waals surface area contributed by atoms with E-state index in [1.807, 2.05) is 23.9 Å². The van der Waals surface area contributed by atoms with E-state index in [0.717, 1.165) is 48.2 Å². The Balaban J connectivity index is 1.39. The second-order valence-electron chi connectivity index (χ2n) is 10.1. The lowest BCUT2D eigenvalue weighted by atomic mass is 9.84. The molecule has 1 N–H and O–H groups in total. The van der Waals surface area contributed by atoms with Crippen LogP contribution >= 0.6 is 0 Å². The first-order valence-corrected chi connectivity index (χ1v) is 12.2. The third-order valence-corrected chi connectivity index (χ3v) is 8.16. The highest BCUT2D eigenvalue weighted by molar-refractivity contribution is 6.09. The Kier molecular flexibility index (Phi) is 4.63. The highest BCUT2D eigenvalue weighted by Crippen LogP contribution is 2.49. The predicted octanol–water partition coefficient (Wildman–Crippen LogP) is 4.85. The summed E-state index contributed by atoms with van der Waals surface area (Å²) in [6.45, 7) is 7.03. The molecular weight excluding hydrogens is 402 g/mol. The van der Waals surface area contributed by atoms with Gasteiger partial charge in [-0.2, -0.15) is 5.10 Å². The van der Waals surface area contributed by atoms with Gasteiger partial charge in [-0.15, -0.1) is 0 Å². The molecule has 3 aliphatic rings. The zero-order valence-corrected chi connectivity index (χ0v) is 19.1. The SMILES string of the molecule is CCn1ncc(-c2noc3nc(C4CC4)cc(C(=O)N[C@@H](C)[C@@H]4C[C@@H]5CC[C@@H]4C5)c23)c1C. The standard InChI is InChI=1S/C25H31N5O2/c1-4-30-14(3)20(12-26-30)23-22-19(11-21(16-7-8-16)28-25(22)32-29-23)24(31)27-13(2)18-10-15-5-6-17(18)9-15/h11-13,15-18H,4-10H2,1-3H3,(H,27,31)/t13-,15+,17+,18-/m0/s1. The summed E-state index contributed by atoms with van der Waals surface area (Å²) in [4.78, 5) is 18.4. The van der Waals surface area contributed by atoms with Crippen molar-refractivity contribution in [2.24, 2.45) is 17.8 Å². The number of rotatable bonds is 6. The van der Waals surface area contributed by atoms with Crippen LogP contribution in [0.3, 0.4) is 0 Å². The molecule has 3 saturated carbocycles. The van der Waals surface area contributed by atoms with Gasteiger partial charge in [0.25, 0.3) is 11.6 Å². The topological polar surface area (TPSA) is 85.8 Å². The molecule has 6 rings (SSSR count). The number of carbonyl (C=O) groups excluding carboxylic acids is 1. The Morgan fingerprint density at radius 3 is 2.78 bits per heavy atom. The lowest BCUT2D eigenvalue weighted by molar-refractivity contribution is 0.0916. The molecule has 0 aromatic carbocycles. The largest absolute Gasteiger partial charge is 0.349 e. The van der Waals surface area contributed by atoms with Crippen molar-refractivity contribution >= 4 is 17.0 Å². The van der Waals surface area contributed by atoms with Gasteiger partial charge in [-0.1, -0.05) is 11.6 Å². The second kappa shape index (κ2) is 7.42. The molecule has 0 radical (unpaired) electrons. The average Bonchev–Trinajstić information content (AvgIpc) is 3.12. The third-order valence-electron chi connectivity index (χ3n) is 8.16.